The van der Waals surface area contributed by atoms with Crippen LogP contribution in [-0.4, -0.2) is 69.5 Å². The van der Waals surface area contributed by atoms with Crippen molar-refractivity contribution < 1.29 is 24.9 Å². The Morgan fingerprint density at radius 1 is 1.20 bits per heavy atom. The summed E-state index contributed by atoms with van der Waals surface area (Å²) in [6.45, 7) is 1.28. The smallest absolute Gasteiger partial charge is 0.223 e. The SMILES string of the molecule is CCC(=O)NC1CN(C(=O)CCc2ccccc2)C(CO)C(O)C1O. The molecule has 1 fully saturated rings. The molecule has 1 aromatic carbocycles. The van der Waals surface area contributed by atoms with Gasteiger partial charge in [-0.15, -0.1) is 0 Å². The minimum absolute atomic E-state index is 0.0583. The average molecular weight is 350 g/mol. The van der Waals surface area contributed by atoms with Crippen LogP contribution >= 0.6 is 0 Å². The molecule has 4 N–H and O–H groups in total. The van der Waals surface area contributed by atoms with E-state index in [1.807, 2.05) is 30.3 Å². The van der Waals surface area contributed by atoms with E-state index in [4.69, 9.17) is 0 Å². The Morgan fingerprint density at radius 2 is 1.88 bits per heavy atom. The maximum Gasteiger partial charge on any atom is 0.223 e. The summed E-state index contributed by atoms with van der Waals surface area (Å²) in [5.74, 6) is -0.500. The molecule has 0 saturated carbocycles. The quantitative estimate of drug-likeness (QED) is 0.550. The lowest BCUT2D eigenvalue weighted by Gasteiger charge is -2.45. The lowest BCUT2D eigenvalue weighted by atomic mass is 9.91. The summed E-state index contributed by atoms with van der Waals surface area (Å²) >= 11 is 0. The maximum atomic E-state index is 12.6. The van der Waals surface area contributed by atoms with E-state index >= 15 is 0 Å². The second-order valence-corrected chi connectivity index (χ2v) is 6.29. The number of piperidine rings is 1. The van der Waals surface area contributed by atoms with Crippen molar-refractivity contribution in [2.75, 3.05) is 13.2 Å². The number of rotatable bonds is 6. The molecule has 0 aromatic heterocycles. The molecule has 0 radical (unpaired) electrons. The molecule has 1 aromatic rings. The van der Waals surface area contributed by atoms with Crippen LogP contribution in [0.4, 0.5) is 0 Å². The first-order valence-electron chi connectivity index (χ1n) is 8.57. The highest BCUT2D eigenvalue weighted by atomic mass is 16.3. The van der Waals surface area contributed by atoms with Crippen molar-refractivity contribution >= 4 is 11.8 Å². The zero-order valence-corrected chi connectivity index (χ0v) is 14.3. The molecular weight excluding hydrogens is 324 g/mol. The van der Waals surface area contributed by atoms with Gasteiger partial charge in [-0.3, -0.25) is 9.59 Å². The number of nitrogens with one attached hydrogen (secondary N) is 1. The Hall–Kier alpha value is -1.96. The van der Waals surface area contributed by atoms with Crippen molar-refractivity contribution in [2.45, 2.75) is 50.5 Å². The number of hydrogen-bond donors (Lipinski definition) is 4. The fraction of sp³-hybridized carbons (Fsp3) is 0.556. The van der Waals surface area contributed by atoms with Gasteiger partial charge in [0, 0.05) is 19.4 Å². The average Bonchev–Trinajstić information content (AvgIpc) is 2.64. The molecule has 0 bridgehead atoms. The second kappa shape index (κ2) is 8.94. The normalized spacial score (nSPS) is 26.3. The molecule has 0 aliphatic carbocycles. The number of carbonyl (C=O) groups is 2. The minimum atomic E-state index is -1.32. The molecule has 25 heavy (non-hydrogen) atoms. The molecule has 7 heteroatoms. The lowest BCUT2D eigenvalue weighted by Crippen LogP contribution is -2.67. The van der Waals surface area contributed by atoms with Crippen LogP contribution in [0.15, 0.2) is 30.3 Å². The van der Waals surface area contributed by atoms with Gasteiger partial charge in [0.1, 0.15) is 12.2 Å². The van der Waals surface area contributed by atoms with Crippen LogP contribution in [0.1, 0.15) is 25.3 Å². The van der Waals surface area contributed by atoms with Crippen LogP contribution in [-0.2, 0) is 16.0 Å². The number of carbonyl (C=O) groups excluding carboxylic acids is 2. The fourth-order valence-corrected chi connectivity index (χ4v) is 3.08. The van der Waals surface area contributed by atoms with Gasteiger partial charge < -0.3 is 25.5 Å². The van der Waals surface area contributed by atoms with Gasteiger partial charge in [-0.1, -0.05) is 37.3 Å². The zero-order valence-electron chi connectivity index (χ0n) is 14.3. The molecule has 1 aliphatic heterocycles. The molecule has 138 valence electrons. The topological polar surface area (TPSA) is 110 Å². The van der Waals surface area contributed by atoms with Gasteiger partial charge in [0.15, 0.2) is 0 Å². The van der Waals surface area contributed by atoms with E-state index in [1.54, 1.807) is 6.92 Å². The van der Waals surface area contributed by atoms with Crippen LogP contribution in [0.2, 0.25) is 0 Å². The number of amides is 2. The first kappa shape index (κ1) is 19.4. The molecule has 2 amide bonds. The highest BCUT2D eigenvalue weighted by molar-refractivity contribution is 5.78. The summed E-state index contributed by atoms with van der Waals surface area (Å²) in [6.07, 6.45) is -1.55. The summed E-state index contributed by atoms with van der Waals surface area (Å²) in [7, 11) is 0. The van der Waals surface area contributed by atoms with Crippen LogP contribution < -0.4 is 5.32 Å². The molecule has 1 heterocycles. The van der Waals surface area contributed by atoms with Crippen molar-refractivity contribution in [2.24, 2.45) is 0 Å². The first-order valence-corrected chi connectivity index (χ1v) is 8.57. The molecule has 1 saturated heterocycles. The third kappa shape index (κ3) is 4.78. The molecular formula is C18H26N2O5. The van der Waals surface area contributed by atoms with E-state index in [2.05, 4.69) is 5.32 Å². The van der Waals surface area contributed by atoms with Gasteiger partial charge >= 0.3 is 0 Å². The molecule has 1 aliphatic rings. The summed E-state index contributed by atoms with van der Waals surface area (Å²) in [4.78, 5) is 25.6. The largest absolute Gasteiger partial charge is 0.394 e. The second-order valence-electron chi connectivity index (χ2n) is 6.29. The van der Waals surface area contributed by atoms with Gasteiger partial charge in [0.25, 0.3) is 0 Å². The summed E-state index contributed by atoms with van der Waals surface area (Å²) < 4.78 is 0. The number of benzene rings is 1. The minimum Gasteiger partial charge on any atom is -0.394 e. The van der Waals surface area contributed by atoms with E-state index in [9.17, 15) is 24.9 Å². The number of aryl methyl sites for hydroxylation is 1. The van der Waals surface area contributed by atoms with Crippen LogP contribution in [0, 0.1) is 0 Å². The van der Waals surface area contributed by atoms with Crippen molar-refractivity contribution in [1.82, 2.24) is 10.2 Å². The lowest BCUT2D eigenvalue weighted by molar-refractivity contribution is -0.153. The molecule has 7 nitrogen and oxygen atoms in total. The number of likely N-dealkylation sites (tertiary alicyclic amines) is 1. The number of nitrogens with zero attached hydrogens (tertiary/aromatic N) is 1. The standard InChI is InChI=1S/C18H26N2O5/c1-2-15(22)19-13-10-20(14(11-21)18(25)17(13)24)16(23)9-8-12-6-4-3-5-7-12/h3-7,13-14,17-18,21,24-25H,2,8-11H2,1H3,(H,19,22). The highest BCUT2D eigenvalue weighted by Gasteiger charge is 2.43. The Labute approximate surface area is 147 Å². The van der Waals surface area contributed by atoms with Gasteiger partial charge in [-0.25, -0.2) is 0 Å². The van der Waals surface area contributed by atoms with E-state index < -0.39 is 30.9 Å². The Bertz CT molecular complexity index is 580. The number of aliphatic hydroxyl groups is 3. The van der Waals surface area contributed by atoms with Gasteiger partial charge in [0.2, 0.25) is 11.8 Å². The highest BCUT2D eigenvalue weighted by Crippen LogP contribution is 2.20. The third-order valence-electron chi connectivity index (χ3n) is 4.60. The predicted molar refractivity (Wildman–Crippen MR) is 91.6 cm³/mol. The fourth-order valence-electron chi connectivity index (χ4n) is 3.08. The Morgan fingerprint density at radius 3 is 2.48 bits per heavy atom. The summed E-state index contributed by atoms with van der Waals surface area (Å²) in [6, 6.07) is 7.91. The maximum absolute atomic E-state index is 12.6. The zero-order chi connectivity index (χ0) is 18.4. The van der Waals surface area contributed by atoms with E-state index in [0.29, 0.717) is 6.42 Å². The van der Waals surface area contributed by atoms with Crippen LogP contribution in [0.3, 0.4) is 0 Å². The molecule has 2 rings (SSSR count). The number of hydrogen-bond acceptors (Lipinski definition) is 5. The van der Waals surface area contributed by atoms with Gasteiger partial charge in [-0.2, -0.15) is 0 Å². The summed E-state index contributed by atoms with van der Waals surface area (Å²) in [5, 5.41) is 32.6. The Kier molecular flexibility index (Phi) is 6.92. The van der Waals surface area contributed by atoms with Gasteiger partial charge in [-0.05, 0) is 12.0 Å². The van der Waals surface area contributed by atoms with E-state index in [-0.39, 0.29) is 31.2 Å². The van der Waals surface area contributed by atoms with E-state index in [0.717, 1.165) is 5.56 Å². The summed E-state index contributed by atoms with van der Waals surface area (Å²) in [5.41, 5.74) is 1.02. The number of aliphatic hydroxyl groups excluding tert-OH is 3. The first-order chi connectivity index (χ1) is 12.0. The van der Waals surface area contributed by atoms with Gasteiger partial charge in [0.05, 0.1) is 18.7 Å². The molecule has 0 spiro atoms. The van der Waals surface area contributed by atoms with Crippen molar-refractivity contribution in [3.63, 3.8) is 0 Å². The third-order valence-corrected chi connectivity index (χ3v) is 4.60. The van der Waals surface area contributed by atoms with Crippen molar-refractivity contribution in [3.8, 4) is 0 Å². The van der Waals surface area contributed by atoms with Crippen molar-refractivity contribution in [1.29, 1.82) is 0 Å². The molecule has 4 unspecified atom stereocenters. The monoisotopic (exact) mass is 350 g/mol. The van der Waals surface area contributed by atoms with E-state index in [1.165, 1.54) is 4.90 Å². The predicted octanol–water partition coefficient (Wildman–Crippen LogP) is -0.561. The van der Waals surface area contributed by atoms with Crippen LogP contribution in [0.25, 0.3) is 0 Å². The van der Waals surface area contributed by atoms with Crippen molar-refractivity contribution in [3.05, 3.63) is 35.9 Å². The Balaban J connectivity index is 2.06. The van der Waals surface area contributed by atoms with Crippen LogP contribution in [0.5, 0.6) is 0 Å². The molecule has 4 atom stereocenters.